The quantitative estimate of drug-likeness (QED) is 0.711. The van der Waals surface area contributed by atoms with Gasteiger partial charge in [0.05, 0.1) is 19.8 Å². The third-order valence-corrected chi connectivity index (χ3v) is 5.72. The predicted octanol–water partition coefficient (Wildman–Crippen LogP) is 1.39. The fourth-order valence-electron chi connectivity index (χ4n) is 3.12. The van der Waals surface area contributed by atoms with Crippen molar-refractivity contribution in [2.45, 2.75) is 4.90 Å². The van der Waals surface area contributed by atoms with E-state index < -0.39 is 0 Å². The van der Waals surface area contributed by atoms with Gasteiger partial charge in [0.15, 0.2) is 0 Å². The van der Waals surface area contributed by atoms with E-state index in [0.717, 1.165) is 64.8 Å². The Labute approximate surface area is 153 Å². The number of carbonyl (C=O) groups excluding carboxylic acids is 1. The van der Waals surface area contributed by atoms with Crippen molar-refractivity contribution < 1.29 is 13.9 Å². The van der Waals surface area contributed by atoms with Crippen molar-refractivity contribution in [1.29, 1.82) is 0 Å². The first-order chi connectivity index (χ1) is 12.2. The van der Waals surface area contributed by atoms with Crippen LogP contribution >= 0.6 is 11.8 Å². The molecule has 138 valence electrons. The summed E-state index contributed by atoms with van der Waals surface area (Å²) in [7, 11) is 0. The maximum Gasteiger partial charge on any atom is 0.236 e. The second kappa shape index (κ2) is 9.52. The van der Waals surface area contributed by atoms with Crippen LogP contribution in [0, 0.1) is 5.82 Å². The van der Waals surface area contributed by atoms with E-state index in [1.807, 2.05) is 17.0 Å². The van der Waals surface area contributed by atoms with Crippen molar-refractivity contribution in [3.8, 4) is 0 Å². The molecule has 0 radical (unpaired) electrons. The van der Waals surface area contributed by atoms with E-state index in [2.05, 4.69) is 9.80 Å². The fourth-order valence-corrected chi connectivity index (χ4v) is 4.07. The molecule has 0 N–H and O–H groups in total. The number of morpholine rings is 1. The van der Waals surface area contributed by atoms with Gasteiger partial charge in [-0.05, 0) is 12.1 Å². The van der Waals surface area contributed by atoms with Gasteiger partial charge in [-0.25, -0.2) is 4.39 Å². The zero-order chi connectivity index (χ0) is 17.5. The lowest BCUT2D eigenvalue weighted by Gasteiger charge is -2.36. The van der Waals surface area contributed by atoms with Crippen LogP contribution in [-0.2, 0) is 9.53 Å². The first kappa shape index (κ1) is 18.6. The zero-order valence-corrected chi connectivity index (χ0v) is 15.3. The SMILES string of the molecule is O=C(CN1CCOCC1)N1CCN(CCSc2ccccc2F)CC1. The van der Waals surface area contributed by atoms with E-state index in [4.69, 9.17) is 4.74 Å². The predicted molar refractivity (Wildman–Crippen MR) is 97.4 cm³/mol. The summed E-state index contributed by atoms with van der Waals surface area (Å²) >= 11 is 1.56. The molecule has 2 aliphatic heterocycles. The minimum Gasteiger partial charge on any atom is -0.379 e. The molecular weight excluding hydrogens is 341 g/mol. The van der Waals surface area contributed by atoms with Crippen LogP contribution < -0.4 is 0 Å². The summed E-state index contributed by atoms with van der Waals surface area (Å²) in [5.74, 6) is 0.941. The highest BCUT2D eigenvalue weighted by molar-refractivity contribution is 7.99. The molecule has 0 atom stereocenters. The van der Waals surface area contributed by atoms with Gasteiger partial charge < -0.3 is 9.64 Å². The Morgan fingerprint density at radius 1 is 1.04 bits per heavy atom. The zero-order valence-electron chi connectivity index (χ0n) is 14.5. The van der Waals surface area contributed by atoms with Gasteiger partial charge in [0.2, 0.25) is 5.91 Å². The fraction of sp³-hybridized carbons (Fsp3) is 0.611. The number of thioether (sulfide) groups is 1. The van der Waals surface area contributed by atoms with E-state index in [-0.39, 0.29) is 11.7 Å². The highest BCUT2D eigenvalue weighted by Crippen LogP contribution is 2.21. The highest BCUT2D eigenvalue weighted by Gasteiger charge is 2.23. The molecule has 0 aliphatic carbocycles. The lowest BCUT2D eigenvalue weighted by molar-refractivity contribution is -0.135. The molecule has 0 aromatic heterocycles. The minimum absolute atomic E-state index is 0.147. The second-order valence-electron chi connectivity index (χ2n) is 6.39. The molecule has 7 heteroatoms. The van der Waals surface area contributed by atoms with Crippen LogP contribution in [0.25, 0.3) is 0 Å². The number of amides is 1. The van der Waals surface area contributed by atoms with Crippen molar-refractivity contribution in [1.82, 2.24) is 14.7 Å². The monoisotopic (exact) mass is 367 g/mol. The third kappa shape index (κ3) is 5.67. The van der Waals surface area contributed by atoms with E-state index in [0.29, 0.717) is 11.4 Å². The summed E-state index contributed by atoms with van der Waals surface area (Å²) < 4.78 is 18.9. The van der Waals surface area contributed by atoms with Gasteiger partial charge in [-0.1, -0.05) is 12.1 Å². The van der Waals surface area contributed by atoms with E-state index >= 15 is 0 Å². The molecule has 2 saturated heterocycles. The number of hydrogen-bond donors (Lipinski definition) is 0. The Bertz CT molecular complexity index is 561. The molecule has 1 aromatic carbocycles. The number of carbonyl (C=O) groups is 1. The smallest absolute Gasteiger partial charge is 0.236 e. The van der Waals surface area contributed by atoms with Gasteiger partial charge in [-0.15, -0.1) is 11.8 Å². The summed E-state index contributed by atoms with van der Waals surface area (Å²) in [6.07, 6.45) is 0. The molecule has 2 aliphatic rings. The molecule has 5 nitrogen and oxygen atoms in total. The van der Waals surface area contributed by atoms with Gasteiger partial charge in [0, 0.05) is 56.5 Å². The average Bonchev–Trinajstić information content (AvgIpc) is 2.65. The standard InChI is InChI=1S/C18H26FN3O2S/c19-16-3-1-2-4-17(16)25-14-11-20-5-7-22(8-6-20)18(23)15-21-9-12-24-13-10-21/h1-4H,5-15H2. The van der Waals surface area contributed by atoms with Crippen molar-refractivity contribution in [2.24, 2.45) is 0 Å². The Balaban J connectivity index is 1.34. The number of ether oxygens (including phenoxy) is 1. The molecule has 0 spiro atoms. The Kier molecular flexibility index (Phi) is 7.10. The van der Waals surface area contributed by atoms with Crippen LogP contribution in [-0.4, -0.2) is 91.9 Å². The van der Waals surface area contributed by atoms with Crippen LogP contribution in [0.4, 0.5) is 4.39 Å². The van der Waals surface area contributed by atoms with E-state index in [1.165, 1.54) is 6.07 Å². The molecule has 1 aromatic rings. The number of benzene rings is 1. The molecular formula is C18H26FN3O2S. The van der Waals surface area contributed by atoms with E-state index in [1.54, 1.807) is 17.8 Å². The van der Waals surface area contributed by atoms with Gasteiger partial charge in [-0.2, -0.15) is 0 Å². The number of rotatable bonds is 6. The van der Waals surface area contributed by atoms with E-state index in [9.17, 15) is 9.18 Å². The third-order valence-electron chi connectivity index (χ3n) is 4.69. The van der Waals surface area contributed by atoms with Gasteiger partial charge in [0.25, 0.3) is 0 Å². The van der Waals surface area contributed by atoms with Crippen molar-refractivity contribution in [3.63, 3.8) is 0 Å². The van der Waals surface area contributed by atoms with Gasteiger partial charge >= 0.3 is 0 Å². The molecule has 1 amide bonds. The largest absolute Gasteiger partial charge is 0.379 e. The molecule has 25 heavy (non-hydrogen) atoms. The molecule has 0 bridgehead atoms. The Morgan fingerprint density at radius 3 is 2.48 bits per heavy atom. The lowest BCUT2D eigenvalue weighted by atomic mass is 10.3. The van der Waals surface area contributed by atoms with Gasteiger partial charge in [0.1, 0.15) is 5.82 Å². The number of hydrogen-bond acceptors (Lipinski definition) is 5. The van der Waals surface area contributed by atoms with Crippen LogP contribution in [0.1, 0.15) is 0 Å². The number of nitrogens with zero attached hydrogens (tertiary/aromatic N) is 3. The first-order valence-corrected chi connectivity index (χ1v) is 9.88. The van der Waals surface area contributed by atoms with Gasteiger partial charge in [-0.3, -0.25) is 14.6 Å². The number of halogens is 1. The Hall–Kier alpha value is -1.15. The molecule has 0 saturated carbocycles. The summed E-state index contributed by atoms with van der Waals surface area (Å²) in [6.45, 7) is 7.93. The molecule has 2 heterocycles. The highest BCUT2D eigenvalue weighted by atomic mass is 32.2. The molecule has 3 rings (SSSR count). The summed E-state index contributed by atoms with van der Waals surface area (Å²) in [4.78, 5) is 19.6. The van der Waals surface area contributed by atoms with Crippen molar-refractivity contribution in [2.75, 3.05) is 71.3 Å². The molecule has 0 unspecified atom stereocenters. The normalized spacial score (nSPS) is 20.0. The van der Waals surface area contributed by atoms with Crippen LogP contribution in [0.5, 0.6) is 0 Å². The number of piperazine rings is 1. The average molecular weight is 367 g/mol. The first-order valence-electron chi connectivity index (χ1n) is 8.90. The maximum absolute atomic E-state index is 13.6. The van der Waals surface area contributed by atoms with Crippen molar-refractivity contribution >= 4 is 17.7 Å². The minimum atomic E-state index is -0.147. The Morgan fingerprint density at radius 2 is 1.76 bits per heavy atom. The van der Waals surface area contributed by atoms with Crippen LogP contribution in [0.2, 0.25) is 0 Å². The maximum atomic E-state index is 13.6. The van der Waals surface area contributed by atoms with Crippen LogP contribution in [0.15, 0.2) is 29.2 Å². The topological polar surface area (TPSA) is 36.0 Å². The second-order valence-corrected chi connectivity index (χ2v) is 7.53. The summed E-state index contributed by atoms with van der Waals surface area (Å²) in [5, 5.41) is 0. The van der Waals surface area contributed by atoms with Crippen molar-refractivity contribution in [3.05, 3.63) is 30.1 Å². The summed E-state index contributed by atoms with van der Waals surface area (Å²) in [6, 6.07) is 6.90. The van der Waals surface area contributed by atoms with Crippen LogP contribution in [0.3, 0.4) is 0 Å². The summed E-state index contributed by atoms with van der Waals surface area (Å²) in [5.41, 5.74) is 0. The lowest BCUT2D eigenvalue weighted by Crippen LogP contribution is -2.52. The molecule has 2 fully saturated rings.